The summed E-state index contributed by atoms with van der Waals surface area (Å²) in [5.41, 5.74) is 0.874. The van der Waals surface area contributed by atoms with Gasteiger partial charge in [-0.25, -0.2) is 9.67 Å². The number of aliphatic hydroxyl groups is 1. The number of nitrogens with zero attached hydrogens (tertiary/aromatic N) is 5. The van der Waals surface area contributed by atoms with Crippen molar-refractivity contribution in [1.29, 1.82) is 0 Å². The van der Waals surface area contributed by atoms with E-state index < -0.39 is 0 Å². The highest BCUT2D eigenvalue weighted by Gasteiger charge is 2.07. The molecule has 0 spiro atoms. The first kappa shape index (κ1) is 12.1. The van der Waals surface area contributed by atoms with Crippen molar-refractivity contribution in [3.63, 3.8) is 0 Å². The lowest BCUT2D eigenvalue weighted by molar-refractivity contribution is 0.288. The SMILES string of the molecule is Cn1c(Cl)cnc1Cn1cc(CCCO)nn1. The van der Waals surface area contributed by atoms with Crippen LogP contribution in [-0.2, 0) is 20.0 Å². The highest BCUT2D eigenvalue weighted by molar-refractivity contribution is 6.29. The topological polar surface area (TPSA) is 68.8 Å². The molecule has 0 bridgehead atoms. The van der Waals surface area contributed by atoms with E-state index >= 15 is 0 Å². The minimum absolute atomic E-state index is 0.168. The number of aryl methyl sites for hydroxylation is 1. The van der Waals surface area contributed by atoms with Crippen LogP contribution in [0, 0.1) is 0 Å². The van der Waals surface area contributed by atoms with E-state index in [-0.39, 0.29) is 6.61 Å². The van der Waals surface area contributed by atoms with Crippen LogP contribution in [0.5, 0.6) is 0 Å². The summed E-state index contributed by atoms with van der Waals surface area (Å²) in [6, 6.07) is 0. The summed E-state index contributed by atoms with van der Waals surface area (Å²) in [5.74, 6) is 0.827. The Morgan fingerprint density at radius 3 is 2.94 bits per heavy atom. The van der Waals surface area contributed by atoms with Crippen LogP contribution in [0.3, 0.4) is 0 Å². The summed E-state index contributed by atoms with van der Waals surface area (Å²) < 4.78 is 3.52. The summed E-state index contributed by atoms with van der Waals surface area (Å²) in [7, 11) is 1.86. The van der Waals surface area contributed by atoms with E-state index in [4.69, 9.17) is 16.7 Å². The van der Waals surface area contributed by atoms with Crippen LogP contribution < -0.4 is 0 Å². The molecule has 2 aromatic heterocycles. The largest absolute Gasteiger partial charge is 0.396 e. The number of rotatable bonds is 5. The molecule has 0 atom stereocenters. The number of halogens is 1. The van der Waals surface area contributed by atoms with Gasteiger partial charge in [-0.2, -0.15) is 0 Å². The number of hydrogen-bond acceptors (Lipinski definition) is 4. The Hall–Kier alpha value is -1.40. The van der Waals surface area contributed by atoms with E-state index in [1.54, 1.807) is 15.4 Å². The lowest BCUT2D eigenvalue weighted by atomic mass is 10.3. The summed E-state index contributed by atoms with van der Waals surface area (Å²) in [6.07, 6.45) is 4.91. The predicted octanol–water partition coefficient (Wildman–Crippen LogP) is 0.638. The maximum absolute atomic E-state index is 8.73. The molecule has 0 aromatic carbocycles. The minimum Gasteiger partial charge on any atom is -0.396 e. The first-order valence-electron chi connectivity index (χ1n) is 5.36. The zero-order valence-electron chi connectivity index (χ0n) is 9.54. The molecule has 0 aliphatic heterocycles. The quantitative estimate of drug-likeness (QED) is 0.851. The third kappa shape index (κ3) is 2.83. The molecule has 0 amide bonds. The molecule has 0 aliphatic rings. The fourth-order valence-corrected chi connectivity index (χ4v) is 1.65. The molecule has 1 N–H and O–H groups in total. The zero-order chi connectivity index (χ0) is 12.3. The number of aliphatic hydroxyl groups excluding tert-OH is 1. The van der Waals surface area contributed by atoms with Crippen molar-refractivity contribution >= 4 is 11.6 Å². The van der Waals surface area contributed by atoms with Crippen molar-refractivity contribution in [2.45, 2.75) is 19.4 Å². The van der Waals surface area contributed by atoms with Crippen LogP contribution in [0.15, 0.2) is 12.4 Å². The van der Waals surface area contributed by atoms with E-state index in [1.807, 2.05) is 13.2 Å². The fraction of sp³-hybridized carbons (Fsp3) is 0.500. The van der Waals surface area contributed by atoms with Crippen molar-refractivity contribution < 1.29 is 5.11 Å². The average molecular weight is 256 g/mol. The van der Waals surface area contributed by atoms with Gasteiger partial charge in [0.2, 0.25) is 0 Å². The van der Waals surface area contributed by atoms with Crippen LogP contribution in [0.25, 0.3) is 0 Å². The van der Waals surface area contributed by atoms with Crippen molar-refractivity contribution in [2.24, 2.45) is 7.05 Å². The van der Waals surface area contributed by atoms with Crippen LogP contribution in [-0.4, -0.2) is 36.3 Å². The summed E-state index contributed by atoms with van der Waals surface area (Å²) >= 11 is 5.90. The molecule has 0 saturated carbocycles. The number of hydrogen-bond donors (Lipinski definition) is 1. The summed E-state index contributed by atoms with van der Waals surface area (Å²) in [4.78, 5) is 4.18. The number of imidazole rings is 1. The van der Waals surface area contributed by atoms with Crippen molar-refractivity contribution in [1.82, 2.24) is 24.5 Å². The molecule has 7 heteroatoms. The lowest BCUT2D eigenvalue weighted by Gasteiger charge is -2.01. The third-order valence-corrected chi connectivity index (χ3v) is 2.86. The Morgan fingerprint density at radius 1 is 1.47 bits per heavy atom. The molecule has 2 heterocycles. The van der Waals surface area contributed by atoms with E-state index in [0.29, 0.717) is 18.1 Å². The van der Waals surface area contributed by atoms with Crippen LogP contribution in [0.2, 0.25) is 5.15 Å². The van der Waals surface area contributed by atoms with E-state index in [9.17, 15) is 0 Å². The van der Waals surface area contributed by atoms with E-state index in [1.165, 1.54) is 0 Å². The molecule has 0 radical (unpaired) electrons. The van der Waals surface area contributed by atoms with E-state index in [0.717, 1.165) is 17.9 Å². The second kappa shape index (κ2) is 5.29. The second-order valence-electron chi connectivity index (χ2n) is 3.79. The molecule has 17 heavy (non-hydrogen) atoms. The maximum Gasteiger partial charge on any atom is 0.131 e. The van der Waals surface area contributed by atoms with Gasteiger partial charge < -0.3 is 9.67 Å². The van der Waals surface area contributed by atoms with Crippen LogP contribution in [0.1, 0.15) is 17.9 Å². The van der Waals surface area contributed by atoms with Gasteiger partial charge in [-0.15, -0.1) is 5.10 Å². The van der Waals surface area contributed by atoms with Gasteiger partial charge in [-0.1, -0.05) is 16.8 Å². The Bertz CT molecular complexity index is 493. The summed E-state index contributed by atoms with van der Waals surface area (Å²) in [6.45, 7) is 0.706. The second-order valence-corrected chi connectivity index (χ2v) is 4.18. The molecular weight excluding hydrogens is 242 g/mol. The first-order chi connectivity index (χ1) is 8.20. The smallest absolute Gasteiger partial charge is 0.131 e. The van der Waals surface area contributed by atoms with Crippen molar-refractivity contribution in [3.05, 3.63) is 29.1 Å². The van der Waals surface area contributed by atoms with Crippen molar-refractivity contribution in [3.8, 4) is 0 Å². The molecule has 0 aliphatic carbocycles. The van der Waals surface area contributed by atoms with Gasteiger partial charge >= 0.3 is 0 Å². The van der Waals surface area contributed by atoms with Crippen LogP contribution >= 0.6 is 11.6 Å². The van der Waals surface area contributed by atoms with Gasteiger partial charge in [0.1, 0.15) is 17.5 Å². The normalized spacial score (nSPS) is 11.0. The highest BCUT2D eigenvalue weighted by Crippen LogP contribution is 2.10. The molecule has 2 rings (SSSR count). The molecule has 6 nitrogen and oxygen atoms in total. The van der Waals surface area contributed by atoms with Crippen molar-refractivity contribution in [2.75, 3.05) is 6.61 Å². The lowest BCUT2D eigenvalue weighted by Crippen LogP contribution is -2.06. The zero-order valence-corrected chi connectivity index (χ0v) is 10.3. The van der Waals surface area contributed by atoms with E-state index in [2.05, 4.69) is 15.3 Å². The van der Waals surface area contributed by atoms with Gasteiger partial charge in [0.05, 0.1) is 11.9 Å². The molecule has 0 unspecified atom stereocenters. The highest BCUT2D eigenvalue weighted by atomic mass is 35.5. The molecule has 2 aromatic rings. The fourth-order valence-electron chi connectivity index (χ4n) is 1.51. The summed E-state index contributed by atoms with van der Waals surface area (Å²) in [5, 5.41) is 17.3. The standard InChI is InChI=1S/C10H14ClN5O/c1-15-9(11)5-12-10(15)7-16-6-8(13-14-16)3-2-4-17/h5-6,17H,2-4,7H2,1H3. The first-order valence-corrected chi connectivity index (χ1v) is 5.74. The predicted molar refractivity (Wildman–Crippen MR) is 62.7 cm³/mol. The Kier molecular flexibility index (Phi) is 3.75. The molecular formula is C10H14ClN5O. The minimum atomic E-state index is 0.168. The van der Waals surface area contributed by atoms with Gasteiger partial charge in [0, 0.05) is 19.9 Å². The van der Waals surface area contributed by atoms with Gasteiger partial charge in [0.25, 0.3) is 0 Å². The number of aromatic nitrogens is 5. The monoisotopic (exact) mass is 255 g/mol. The van der Waals surface area contributed by atoms with Gasteiger partial charge in [-0.05, 0) is 12.8 Å². The Labute approximate surface area is 104 Å². The molecule has 0 fully saturated rings. The molecule has 0 saturated heterocycles. The van der Waals surface area contributed by atoms with Crippen LogP contribution in [0.4, 0.5) is 0 Å². The third-order valence-electron chi connectivity index (χ3n) is 2.51. The van der Waals surface area contributed by atoms with Gasteiger partial charge in [-0.3, -0.25) is 0 Å². The average Bonchev–Trinajstić information content (AvgIpc) is 2.89. The Balaban J connectivity index is 2.04. The maximum atomic E-state index is 8.73. The Morgan fingerprint density at radius 2 is 2.29 bits per heavy atom. The van der Waals surface area contributed by atoms with Gasteiger partial charge in [0.15, 0.2) is 0 Å². The molecule has 92 valence electrons.